The largest absolute Gasteiger partial charge is 0.497 e. The number of hydrogen-bond donors (Lipinski definition) is 1. The maximum atomic E-state index is 9.51. The monoisotopic (exact) mass is 278 g/mol. The van der Waals surface area contributed by atoms with E-state index in [-0.39, 0.29) is 6.10 Å². The van der Waals surface area contributed by atoms with Crippen molar-refractivity contribution in [1.82, 2.24) is 9.80 Å². The van der Waals surface area contributed by atoms with Crippen LogP contribution in [0.4, 0.5) is 0 Å². The molecule has 1 fully saturated rings. The second-order valence-corrected chi connectivity index (χ2v) is 5.78. The van der Waals surface area contributed by atoms with Gasteiger partial charge in [-0.25, -0.2) is 0 Å². The quantitative estimate of drug-likeness (QED) is 0.887. The fourth-order valence-corrected chi connectivity index (χ4v) is 2.85. The van der Waals surface area contributed by atoms with Crippen molar-refractivity contribution in [3.05, 3.63) is 29.8 Å². The molecule has 112 valence electrons. The summed E-state index contributed by atoms with van der Waals surface area (Å²) in [5.74, 6) is 0.920. The molecule has 1 aromatic rings. The number of benzene rings is 1. The predicted molar refractivity (Wildman–Crippen MR) is 81.0 cm³/mol. The molecule has 0 spiro atoms. The molecule has 2 rings (SSSR count). The van der Waals surface area contributed by atoms with Gasteiger partial charge >= 0.3 is 0 Å². The molecule has 1 heterocycles. The van der Waals surface area contributed by atoms with Crippen LogP contribution in [0.15, 0.2) is 24.3 Å². The minimum Gasteiger partial charge on any atom is -0.497 e. The number of piperazine rings is 1. The lowest BCUT2D eigenvalue weighted by Gasteiger charge is -2.40. The molecular formula is C16H26N2O2. The normalized spacial score (nSPS) is 22.7. The molecular weight excluding hydrogens is 252 g/mol. The van der Waals surface area contributed by atoms with Gasteiger partial charge in [-0.15, -0.1) is 0 Å². The molecule has 0 unspecified atom stereocenters. The Kier molecular flexibility index (Phi) is 5.40. The second-order valence-electron chi connectivity index (χ2n) is 5.78. The Hall–Kier alpha value is -1.10. The Morgan fingerprint density at radius 3 is 2.85 bits per heavy atom. The number of methoxy groups -OCH3 is 1. The van der Waals surface area contributed by atoms with Crippen LogP contribution in [0.1, 0.15) is 19.4 Å². The summed E-state index contributed by atoms with van der Waals surface area (Å²) in [6.45, 7) is 8.95. The minimum atomic E-state index is -0.248. The fourth-order valence-electron chi connectivity index (χ4n) is 2.85. The molecule has 1 aromatic carbocycles. The van der Waals surface area contributed by atoms with Gasteiger partial charge in [-0.1, -0.05) is 12.1 Å². The van der Waals surface area contributed by atoms with Crippen molar-refractivity contribution in [2.45, 2.75) is 32.5 Å². The summed E-state index contributed by atoms with van der Waals surface area (Å²) >= 11 is 0. The lowest BCUT2D eigenvalue weighted by molar-refractivity contribution is 0.0423. The van der Waals surface area contributed by atoms with Crippen LogP contribution >= 0.6 is 0 Å². The second kappa shape index (κ2) is 7.07. The highest BCUT2D eigenvalue weighted by Gasteiger charge is 2.24. The molecule has 0 bridgehead atoms. The number of β-amino-alcohol motifs (C(OH)–C–C–N with tert-alkyl or cyclic N) is 1. The summed E-state index contributed by atoms with van der Waals surface area (Å²) in [6, 6.07) is 8.76. The summed E-state index contributed by atoms with van der Waals surface area (Å²) in [5.41, 5.74) is 1.29. The van der Waals surface area contributed by atoms with E-state index >= 15 is 0 Å². The average molecular weight is 278 g/mol. The van der Waals surface area contributed by atoms with Gasteiger partial charge in [-0.2, -0.15) is 0 Å². The number of hydrogen-bond acceptors (Lipinski definition) is 4. The first-order valence-corrected chi connectivity index (χ1v) is 7.36. The van der Waals surface area contributed by atoms with Crippen LogP contribution in [0.2, 0.25) is 0 Å². The van der Waals surface area contributed by atoms with Crippen molar-refractivity contribution in [2.24, 2.45) is 0 Å². The van der Waals surface area contributed by atoms with E-state index in [9.17, 15) is 5.11 Å². The van der Waals surface area contributed by atoms with Crippen LogP contribution in [-0.2, 0) is 6.54 Å². The molecule has 1 N–H and O–H groups in total. The molecule has 0 amide bonds. The molecule has 1 aliphatic heterocycles. The molecule has 20 heavy (non-hydrogen) atoms. The van der Waals surface area contributed by atoms with E-state index in [0.29, 0.717) is 6.04 Å². The Morgan fingerprint density at radius 1 is 1.40 bits per heavy atom. The number of aliphatic hydroxyl groups is 1. The lowest BCUT2D eigenvalue weighted by Crippen LogP contribution is -2.53. The van der Waals surface area contributed by atoms with Crippen LogP contribution < -0.4 is 4.74 Å². The maximum absolute atomic E-state index is 9.51. The fraction of sp³-hybridized carbons (Fsp3) is 0.625. The highest BCUT2D eigenvalue weighted by atomic mass is 16.5. The molecule has 4 heteroatoms. The highest BCUT2D eigenvalue weighted by molar-refractivity contribution is 5.28. The van der Waals surface area contributed by atoms with Crippen LogP contribution in [0, 0.1) is 0 Å². The van der Waals surface area contributed by atoms with Crippen molar-refractivity contribution in [1.29, 1.82) is 0 Å². The molecule has 4 nitrogen and oxygen atoms in total. The first-order valence-electron chi connectivity index (χ1n) is 7.36. The third-order valence-electron chi connectivity index (χ3n) is 3.89. The molecule has 2 atom stereocenters. The van der Waals surface area contributed by atoms with Crippen molar-refractivity contribution in [2.75, 3.05) is 33.3 Å². The minimum absolute atomic E-state index is 0.248. The summed E-state index contributed by atoms with van der Waals surface area (Å²) in [5, 5.41) is 9.51. The smallest absolute Gasteiger partial charge is 0.119 e. The highest BCUT2D eigenvalue weighted by Crippen LogP contribution is 2.17. The zero-order chi connectivity index (χ0) is 14.5. The van der Waals surface area contributed by atoms with Crippen molar-refractivity contribution in [3.63, 3.8) is 0 Å². The summed E-state index contributed by atoms with van der Waals surface area (Å²) in [6.07, 6.45) is -0.248. The lowest BCUT2D eigenvalue weighted by atomic mass is 10.1. The number of nitrogens with zero attached hydrogens (tertiary/aromatic N) is 2. The van der Waals surface area contributed by atoms with Gasteiger partial charge in [-0.3, -0.25) is 9.80 Å². The van der Waals surface area contributed by atoms with Gasteiger partial charge in [0.1, 0.15) is 5.75 Å². The molecule has 0 radical (unpaired) electrons. The Morgan fingerprint density at radius 2 is 2.20 bits per heavy atom. The van der Waals surface area contributed by atoms with E-state index in [1.165, 1.54) is 5.56 Å². The third kappa shape index (κ3) is 4.20. The van der Waals surface area contributed by atoms with E-state index < -0.39 is 0 Å². The van der Waals surface area contributed by atoms with Gasteiger partial charge in [0.25, 0.3) is 0 Å². The standard InChI is InChI=1S/C16H26N2O2/c1-13-10-17(7-8-18(13)11-14(2)19)12-15-5-4-6-16(9-15)20-3/h4-6,9,13-14,19H,7-8,10-12H2,1-3H3/t13-,14+/m0/s1. The van der Waals surface area contributed by atoms with E-state index in [1.807, 2.05) is 19.1 Å². The zero-order valence-corrected chi connectivity index (χ0v) is 12.7. The van der Waals surface area contributed by atoms with E-state index in [1.54, 1.807) is 7.11 Å². The van der Waals surface area contributed by atoms with Crippen molar-refractivity contribution < 1.29 is 9.84 Å². The summed E-state index contributed by atoms with van der Waals surface area (Å²) < 4.78 is 5.27. The van der Waals surface area contributed by atoms with Crippen LogP contribution in [0.5, 0.6) is 5.75 Å². The zero-order valence-electron chi connectivity index (χ0n) is 12.7. The van der Waals surface area contributed by atoms with Gasteiger partial charge < -0.3 is 9.84 Å². The first-order chi connectivity index (χ1) is 9.58. The van der Waals surface area contributed by atoms with Gasteiger partial charge in [0.15, 0.2) is 0 Å². The van der Waals surface area contributed by atoms with Gasteiger partial charge in [0.05, 0.1) is 13.2 Å². The summed E-state index contributed by atoms with van der Waals surface area (Å²) in [4.78, 5) is 4.84. The van der Waals surface area contributed by atoms with Crippen LogP contribution in [0.3, 0.4) is 0 Å². The summed E-state index contributed by atoms with van der Waals surface area (Å²) in [7, 11) is 1.70. The van der Waals surface area contributed by atoms with E-state index in [4.69, 9.17) is 4.74 Å². The van der Waals surface area contributed by atoms with E-state index in [2.05, 4.69) is 28.9 Å². The molecule has 1 saturated heterocycles. The van der Waals surface area contributed by atoms with Crippen molar-refractivity contribution in [3.8, 4) is 5.75 Å². The predicted octanol–water partition coefficient (Wildman–Crippen LogP) is 1.58. The van der Waals surface area contributed by atoms with Gasteiger partial charge in [0, 0.05) is 38.8 Å². The van der Waals surface area contributed by atoms with Gasteiger partial charge in [-0.05, 0) is 31.5 Å². The maximum Gasteiger partial charge on any atom is 0.119 e. The Bertz CT molecular complexity index is 423. The SMILES string of the molecule is COc1cccc(CN2CCN(C[C@@H](C)O)[C@@H](C)C2)c1. The topological polar surface area (TPSA) is 35.9 Å². The van der Waals surface area contributed by atoms with E-state index in [0.717, 1.165) is 38.5 Å². The Balaban J connectivity index is 1.89. The molecule has 0 saturated carbocycles. The van der Waals surface area contributed by atoms with Crippen LogP contribution in [-0.4, -0.2) is 60.3 Å². The molecule has 0 aromatic heterocycles. The van der Waals surface area contributed by atoms with Crippen molar-refractivity contribution >= 4 is 0 Å². The number of aliphatic hydroxyl groups excluding tert-OH is 1. The molecule has 0 aliphatic carbocycles. The van der Waals surface area contributed by atoms with Crippen LogP contribution in [0.25, 0.3) is 0 Å². The average Bonchev–Trinajstić information content (AvgIpc) is 2.42. The number of ether oxygens (including phenoxy) is 1. The van der Waals surface area contributed by atoms with Gasteiger partial charge in [0.2, 0.25) is 0 Å². The third-order valence-corrected chi connectivity index (χ3v) is 3.89. The Labute approximate surface area is 122 Å². The first kappa shape index (κ1) is 15.3. The number of rotatable bonds is 5. The molecule has 1 aliphatic rings.